The molecule has 0 bridgehead atoms. The van der Waals surface area contributed by atoms with E-state index in [4.69, 9.17) is 11.6 Å². The molecule has 15 heavy (non-hydrogen) atoms. The molecule has 0 spiro atoms. The topological polar surface area (TPSA) is 37.8 Å². The number of hydrogen-bond donors (Lipinski definition) is 1. The van der Waals surface area contributed by atoms with E-state index in [0.717, 1.165) is 30.8 Å². The van der Waals surface area contributed by atoms with Gasteiger partial charge >= 0.3 is 0 Å². The predicted molar refractivity (Wildman–Crippen MR) is 64.4 cm³/mol. The van der Waals surface area contributed by atoms with Crippen LogP contribution < -0.4 is 5.32 Å². The molecule has 3 nitrogen and oxygen atoms in total. The van der Waals surface area contributed by atoms with Gasteiger partial charge in [-0.25, -0.2) is 9.97 Å². The highest BCUT2D eigenvalue weighted by Crippen LogP contribution is 2.20. The Kier molecular flexibility index (Phi) is 4.82. The first-order valence-corrected chi connectivity index (χ1v) is 5.76. The minimum absolute atomic E-state index is 0.555. The molecule has 1 aromatic heterocycles. The molecule has 1 N–H and O–H groups in total. The van der Waals surface area contributed by atoms with Gasteiger partial charge in [-0.3, -0.25) is 0 Å². The van der Waals surface area contributed by atoms with E-state index < -0.39 is 0 Å². The molecule has 0 aromatic carbocycles. The highest BCUT2D eigenvalue weighted by Gasteiger charge is 2.07. The minimum atomic E-state index is 0.555. The fourth-order valence-electron chi connectivity index (χ4n) is 1.34. The average Bonchev–Trinajstić information content (AvgIpc) is 2.17. The molecular weight excluding hydrogens is 210 g/mol. The van der Waals surface area contributed by atoms with Crippen LogP contribution >= 0.6 is 11.6 Å². The van der Waals surface area contributed by atoms with E-state index in [1.807, 2.05) is 0 Å². The molecule has 84 valence electrons. The van der Waals surface area contributed by atoms with E-state index in [2.05, 4.69) is 36.1 Å². The van der Waals surface area contributed by atoms with Crippen LogP contribution in [-0.2, 0) is 6.42 Å². The van der Waals surface area contributed by atoms with Crippen molar-refractivity contribution in [3.63, 3.8) is 0 Å². The minimum Gasteiger partial charge on any atom is -0.370 e. The first-order valence-electron chi connectivity index (χ1n) is 5.38. The Hall–Kier alpha value is -0.830. The molecule has 0 atom stereocenters. The average molecular weight is 228 g/mol. The van der Waals surface area contributed by atoms with Crippen LogP contribution in [0.2, 0.25) is 5.15 Å². The van der Waals surface area contributed by atoms with Crippen molar-refractivity contribution in [1.82, 2.24) is 9.97 Å². The first-order chi connectivity index (χ1) is 7.15. The van der Waals surface area contributed by atoms with E-state index in [9.17, 15) is 0 Å². The normalized spacial score (nSPS) is 10.7. The van der Waals surface area contributed by atoms with Gasteiger partial charge in [-0.1, -0.05) is 32.4 Å². The number of nitrogens with zero attached hydrogens (tertiary/aromatic N) is 2. The van der Waals surface area contributed by atoms with Gasteiger partial charge in [-0.2, -0.15) is 0 Å². The lowest BCUT2D eigenvalue weighted by Crippen LogP contribution is -2.09. The number of rotatable bonds is 5. The zero-order valence-corrected chi connectivity index (χ0v) is 10.3. The molecule has 1 aromatic rings. The highest BCUT2D eigenvalue weighted by molar-refractivity contribution is 6.30. The largest absolute Gasteiger partial charge is 0.370 e. The fourth-order valence-corrected chi connectivity index (χ4v) is 1.60. The standard InChI is InChI=1S/C11H18ClN3/c1-4-9-10(12)14-7-15-11(9)13-6-5-8(2)3/h7-8H,4-6H2,1-3H3,(H,13,14,15). The predicted octanol–water partition coefficient (Wildman–Crippen LogP) is 3.15. The van der Waals surface area contributed by atoms with Crippen molar-refractivity contribution in [2.24, 2.45) is 5.92 Å². The molecule has 1 rings (SSSR count). The summed E-state index contributed by atoms with van der Waals surface area (Å²) in [5, 5.41) is 3.86. The van der Waals surface area contributed by atoms with Crippen LogP contribution in [0.4, 0.5) is 5.82 Å². The Labute approximate surface area is 96.3 Å². The van der Waals surface area contributed by atoms with Crippen LogP contribution in [0, 0.1) is 5.92 Å². The molecule has 4 heteroatoms. The Morgan fingerprint density at radius 1 is 1.40 bits per heavy atom. The second kappa shape index (κ2) is 5.91. The van der Waals surface area contributed by atoms with Crippen LogP contribution in [0.3, 0.4) is 0 Å². The lowest BCUT2D eigenvalue weighted by atomic mass is 10.1. The summed E-state index contributed by atoms with van der Waals surface area (Å²) in [6.45, 7) is 7.39. The van der Waals surface area contributed by atoms with Crippen LogP contribution in [-0.4, -0.2) is 16.5 Å². The van der Waals surface area contributed by atoms with Crippen LogP contribution in [0.5, 0.6) is 0 Å². The quantitative estimate of drug-likeness (QED) is 0.786. The van der Waals surface area contributed by atoms with E-state index in [1.165, 1.54) is 6.33 Å². The van der Waals surface area contributed by atoms with Crippen molar-refractivity contribution in [3.05, 3.63) is 17.0 Å². The van der Waals surface area contributed by atoms with Crippen molar-refractivity contribution in [1.29, 1.82) is 0 Å². The van der Waals surface area contributed by atoms with Gasteiger partial charge in [0.1, 0.15) is 17.3 Å². The van der Waals surface area contributed by atoms with Crippen LogP contribution in [0.25, 0.3) is 0 Å². The third kappa shape index (κ3) is 3.67. The monoisotopic (exact) mass is 227 g/mol. The number of anilines is 1. The fraction of sp³-hybridized carbons (Fsp3) is 0.636. The van der Waals surface area contributed by atoms with E-state index in [-0.39, 0.29) is 0 Å². The summed E-state index contributed by atoms with van der Waals surface area (Å²) in [4.78, 5) is 8.17. The third-order valence-electron chi connectivity index (χ3n) is 2.26. The number of halogens is 1. The lowest BCUT2D eigenvalue weighted by molar-refractivity contribution is 0.606. The van der Waals surface area contributed by atoms with Crippen LogP contribution in [0.15, 0.2) is 6.33 Å². The summed E-state index contributed by atoms with van der Waals surface area (Å²) in [6.07, 6.45) is 3.48. The molecule has 0 aliphatic rings. The van der Waals surface area contributed by atoms with Crippen molar-refractivity contribution < 1.29 is 0 Å². The van der Waals surface area contributed by atoms with Gasteiger partial charge in [0.15, 0.2) is 0 Å². The second-order valence-electron chi connectivity index (χ2n) is 3.95. The van der Waals surface area contributed by atoms with Crippen molar-refractivity contribution in [3.8, 4) is 0 Å². The maximum Gasteiger partial charge on any atom is 0.137 e. The molecule has 0 radical (unpaired) electrons. The number of nitrogens with one attached hydrogen (secondary N) is 1. The maximum atomic E-state index is 5.98. The Balaban J connectivity index is 2.64. The van der Waals surface area contributed by atoms with Gasteiger partial charge in [-0.15, -0.1) is 0 Å². The van der Waals surface area contributed by atoms with Gasteiger partial charge in [0.25, 0.3) is 0 Å². The third-order valence-corrected chi connectivity index (χ3v) is 2.59. The van der Waals surface area contributed by atoms with Gasteiger partial charge < -0.3 is 5.32 Å². The summed E-state index contributed by atoms with van der Waals surface area (Å²) < 4.78 is 0. The summed E-state index contributed by atoms with van der Waals surface area (Å²) in [5.74, 6) is 1.57. The zero-order valence-electron chi connectivity index (χ0n) is 9.55. The van der Waals surface area contributed by atoms with E-state index in [1.54, 1.807) is 0 Å². The highest BCUT2D eigenvalue weighted by atomic mass is 35.5. The summed E-state index contributed by atoms with van der Waals surface area (Å²) in [7, 11) is 0. The SMILES string of the molecule is CCc1c(Cl)ncnc1NCCC(C)C. The second-order valence-corrected chi connectivity index (χ2v) is 4.31. The van der Waals surface area contributed by atoms with Gasteiger partial charge in [0.05, 0.1) is 0 Å². The smallest absolute Gasteiger partial charge is 0.137 e. The molecule has 0 amide bonds. The molecule has 0 unspecified atom stereocenters. The molecular formula is C11H18ClN3. The zero-order chi connectivity index (χ0) is 11.3. The molecule has 0 aliphatic carbocycles. The Morgan fingerprint density at radius 3 is 2.73 bits per heavy atom. The molecule has 0 fully saturated rings. The molecule has 0 aliphatic heterocycles. The van der Waals surface area contributed by atoms with Gasteiger partial charge in [0.2, 0.25) is 0 Å². The van der Waals surface area contributed by atoms with Crippen LogP contribution in [0.1, 0.15) is 32.8 Å². The summed E-state index contributed by atoms with van der Waals surface area (Å²) >= 11 is 5.98. The van der Waals surface area contributed by atoms with Gasteiger partial charge in [-0.05, 0) is 18.8 Å². The van der Waals surface area contributed by atoms with Crippen molar-refractivity contribution >= 4 is 17.4 Å². The summed E-state index contributed by atoms with van der Waals surface area (Å²) in [5.41, 5.74) is 1.00. The van der Waals surface area contributed by atoms with Crippen molar-refractivity contribution in [2.45, 2.75) is 33.6 Å². The number of hydrogen-bond acceptors (Lipinski definition) is 3. The molecule has 0 saturated carbocycles. The molecule has 1 heterocycles. The first kappa shape index (κ1) is 12.2. The van der Waals surface area contributed by atoms with E-state index >= 15 is 0 Å². The van der Waals surface area contributed by atoms with Crippen molar-refractivity contribution in [2.75, 3.05) is 11.9 Å². The maximum absolute atomic E-state index is 5.98. The molecule has 0 saturated heterocycles. The lowest BCUT2D eigenvalue weighted by Gasteiger charge is -2.11. The number of aromatic nitrogens is 2. The van der Waals surface area contributed by atoms with Gasteiger partial charge in [0, 0.05) is 12.1 Å². The summed E-state index contributed by atoms with van der Waals surface area (Å²) in [6, 6.07) is 0. The Morgan fingerprint density at radius 2 is 2.13 bits per heavy atom. The Bertz CT molecular complexity index is 313. The van der Waals surface area contributed by atoms with E-state index in [0.29, 0.717) is 11.1 Å².